The Balaban J connectivity index is 2.81. The van der Waals surface area contributed by atoms with Crippen molar-refractivity contribution < 1.29 is 14.3 Å². The number of amides is 1. The van der Waals surface area contributed by atoms with E-state index < -0.39 is 0 Å². The van der Waals surface area contributed by atoms with Gasteiger partial charge in [0.2, 0.25) is 5.91 Å². The van der Waals surface area contributed by atoms with Crippen LogP contribution >= 0.6 is 0 Å². The molecule has 1 amide bonds. The van der Waals surface area contributed by atoms with Crippen molar-refractivity contribution in [3.63, 3.8) is 0 Å². The molecule has 1 aromatic rings. The Labute approximate surface area is 107 Å². The van der Waals surface area contributed by atoms with Crippen LogP contribution in [-0.2, 0) is 11.2 Å². The van der Waals surface area contributed by atoms with Gasteiger partial charge in [0.15, 0.2) is 11.5 Å². The van der Waals surface area contributed by atoms with Crippen molar-refractivity contribution >= 4 is 5.91 Å². The van der Waals surface area contributed by atoms with Gasteiger partial charge in [0.1, 0.15) is 6.61 Å². The first-order valence-electron chi connectivity index (χ1n) is 5.77. The molecule has 2 N–H and O–H groups in total. The van der Waals surface area contributed by atoms with Crippen molar-refractivity contribution in [3.05, 3.63) is 23.8 Å². The highest BCUT2D eigenvalue weighted by Crippen LogP contribution is 2.28. The third kappa shape index (κ3) is 4.38. The van der Waals surface area contributed by atoms with Gasteiger partial charge in [0, 0.05) is 6.42 Å². The van der Waals surface area contributed by atoms with Crippen LogP contribution in [-0.4, -0.2) is 19.1 Å². The molecule has 0 aliphatic heterocycles. The molecular weight excluding hydrogens is 230 g/mol. The molecular formula is C14H17NO3. The third-order valence-corrected chi connectivity index (χ3v) is 2.28. The van der Waals surface area contributed by atoms with Gasteiger partial charge < -0.3 is 15.2 Å². The number of terminal acetylenes is 1. The van der Waals surface area contributed by atoms with Gasteiger partial charge in [-0.1, -0.05) is 12.0 Å². The molecule has 0 saturated heterocycles. The molecule has 18 heavy (non-hydrogen) atoms. The fourth-order valence-electron chi connectivity index (χ4n) is 1.48. The third-order valence-electron chi connectivity index (χ3n) is 2.28. The molecule has 0 spiro atoms. The number of ether oxygens (including phenoxy) is 2. The van der Waals surface area contributed by atoms with Crippen molar-refractivity contribution in [2.75, 3.05) is 13.2 Å². The standard InChI is InChI=1S/C14H17NO3/c1-3-9-18-12-7-5-11(6-8-14(15)16)10-13(12)17-4-2/h1,5,7,10H,4,6,8-9H2,2H3,(H2,15,16). The van der Waals surface area contributed by atoms with Gasteiger partial charge in [0.05, 0.1) is 6.61 Å². The summed E-state index contributed by atoms with van der Waals surface area (Å²) in [6.45, 7) is 2.62. The SMILES string of the molecule is C#CCOc1ccc(CCC(N)=O)cc1OCC. The summed E-state index contributed by atoms with van der Waals surface area (Å²) in [5, 5.41) is 0. The van der Waals surface area contributed by atoms with E-state index in [1.165, 1.54) is 0 Å². The molecule has 0 unspecified atom stereocenters. The van der Waals surface area contributed by atoms with Crippen LogP contribution in [0.2, 0.25) is 0 Å². The van der Waals surface area contributed by atoms with Crippen LogP contribution in [0.1, 0.15) is 18.9 Å². The van der Waals surface area contributed by atoms with Gasteiger partial charge in [-0.25, -0.2) is 0 Å². The Morgan fingerprint density at radius 1 is 1.39 bits per heavy atom. The zero-order chi connectivity index (χ0) is 13.4. The van der Waals surface area contributed by atoms with Gasteiger partial charge in [-0.2, -0.15) is 0 Å². The number of primary amides is 1. The van der Waals surface area contributed by atoms with Crippen molar-refractivity contribution in [3.8, 4) is 23.8 Å². The van der Waals surface area contributed by atoms with Crippen LogP contribution in [0, 0.1) is 12.3 Å². The van der Waals surface area contributed by atoms with E-state index in [4.69, 9.17) is 21.6 Å². The number of carbonyl (C=O) groups is 1. The number of hydrogen-bond acceptors (Lipinski definition) is 3. The predicted molar refractivity (Wildman–Crippen MR) is 69.5 cm³/mol. The molecule has 96 valence electrons. The summed E-state index contributed by atoms with van der Waals surface area (Å²) in [6.07, 6.45) is 6.05. The highest BCUT2D eigenvalue weighted by Gasteiger charge is 2.07. The Kier molecular flexibility index (Phi) is 5.59. The predicted octanol–water partition coefficient (Wildman–Crippen LogP) is 1.52. The zero-order valence-electron chi connectivity index (χ0n) is 10.4. The van der Waals surface area contributed by atoms with E-state index in [1.54, 1.807) is 6.07 Å². The van der Waals surface area contributed by atoms with Crippen molar-refractivity contribution in [2.45, 2.75) is 19.8 Å². The molecule has 0 bridgehead atoms. The quantitative estimate of drug-likeness (QED) is 0.743. The lowest BCUT2D eigenvalue weighted by Gasteiger charge is -2.11. The van der Waals surface area contributed by atoms with Crippen LogP contribution < -0.4 is 15.2 Å². The number of benzene rings is 1. The monoisotopic (exact) mass is 247 g/mol. The first-order chi connectivity index (χ1) is 8.67. The maximum atomic E-state index is 10.7. The molecule has 0 aromatic heterocycles. The van der Waals surface area contributed by atoms with Crippen molar-refractivity contribution in [1.29, 1.82) is 0 Å². The molecule has 1 aromatic carbocycles. The van der Waals surface area contributed by atoms with Gasteiger partial charge in [0.25, 0.3) is 0 Å². The van der Waals surface area contributed by atoms with Crippen LogP contribution in [0.5, 0.6) is 11.5 Å². The van der Waals surface area contributed by atoms with Gasteiger partial charge in [-0.15, -0.1) is 6.42 Å². The van der Waals surface area contributed by atoms with E-state index in [-0.39, 0.29) is 12.5 Å². The number of hydrogen-bond donors (Lipinski definition) is 1. The van der Waals surface area contributed by atoms with E-state index >= 15 is 0 Å². The second-order valence-electron chi connectivity index (χ2n) is 3.67. The summed E-state index contributed by atoms with van der Waals surface area (Å²) in [4.78, 5) is 10.7. The van der Waals surface area contributed by atoms with E-state index in [9.17, 15) is 4.79 Å². The van der Waals surface area contributed by atoms with E-state index in [1.807, 2.05) is 19.1 Å². The topological polar surface area (TPSA) is 61.5 Å². The summed E-state index contributed by atoms with van der Waals surface area (Å²) in [7, 11) is 0. The first-order valence-corrected chi connectivity index (χ1v) is 5.77. The lowest BCUT2D eigenvalue weighted by atomic mass is 10.1. The molecule has 1 rings (SSSR count). The molecule has 0 heterocycles. The first kappa shape index (κ1) is 13.9. The number of nitrogens with two attached hydrogens (primary N) is 1. The van der Waals surface area contributed by atoms with Gasteiger partial charge >= 0.3 is 0 Å². The number of aryl methyl sites for hydroxylation is 1. The maximum absolute atomic E-state index is 10.7. The van der Waals surface area contributed by atoms with E-state index in [2.05, 4.69) is 5.92 Å². The fourth-order valence-corrected chi connectivity index (χ4v) is 1.48. The minimum atomic E-state index is -0.319. The summed E-state index contributed by atoms with van der Waals surface area (Å²) in [5.41, 5.74) is 6.09. The molecule has 0 saturated carbocycles. The molecule has 0 atom stereocenters. The minimum Gasteiger partial charge on any atom is -0.490 e. The molecule has 0 aliphatic rings. The van der Waals surface area contributed by atoms with Gasteiger partial charge in [-0.05, 0) is 31.0 Å². The molecule has 0 radical (unpaired) electrons. The largest absolute Gasteiger partial charge is 0.490 e. The molecule has 4 nitrogen and oxygen atoms in total. The average molecular weight is 247 g/mol. The second-order valence-corrected chi connectivity index (χ2v) is 3.67. The highest BCUT2D eigenvalue weighted by molar-refractivity contribution is 5.74. The normalized spacial score (nSPS) is 9.56. The molecule has 0 aliphatic carbocycles. The lowest BCUT2D eigenvalue weighted by molar-refractivity contribution is -0.117. The second kappa shape index (κ2) is 7.23. The number of rotatable bonds is 7. The van der Waals surface area contributed by atoms with Crippen LogP contribution in [0.25, 0.3) is 0 Å². The lowest BCUT2D eigenvalue weighted by Crippen LogP contribution is -2.11. The highest BCUT2D eigenvalue weighted by atomic mass is 16.5. The van der Waals surface area contributed by atoms with Crippen LogP contribution in [0.15, 0.2) is 18.2 Å². The van der Waals surface area contributed by atoms with E-state index in [0.29, 0.717) is 30.9 Å². The smallest absolute Gasteiger partial charge is 0.217 e. The Hall–Kier alpha value is -2.15. The summed E-state index contributed by atoms with van der Waals surface area (Å²) < 4.78 is 10.8. The Bertz CT molecular complexity index is 449. The summed E-state index contributed by atoms with van der Waals surface area (Å²) in [5.74, 6) is 3.33. The van der Waals surface area contributed by atoms with Gasteiger partial charge in [-0.3, -0.25) is 4.79 Å². The maximum Gasteiger partial charge on any atom is 0.217 e. The summed E-state index contributed by atoms with van der Waals surface area (Å²) in [6, 6.07) is 5.51. The van der Waals surface area contributed by atoms with Crippen molar-refractivity contribution in [2.24, 2.45) is 5.73 Å². The Morgan fingerprint density at radius 2 is 2.17 bits per heavy atom. The van der Waals surface area contributed by atoms with Crippen LogP contribution in [0.3, 0.4) is 0 Å². The number of carbonyl (C=O) groups excluding carboxylic acids is 1. The zero-order valence-corrected chi connectivity index (χ0v) is 10.4. The van der Waals surface area contributed by atoms with Crippen LogP contribution in [0.4, 0.5) is 0 Å². The van der Waals surface area contributed by atoms with Crippen molar-refractivity contribution in [1.82, 2.24) is 0 Å². The molecule has 0 fully saturated rings. The summed E-state index contributed by atoms with van der Waals surface area (Å²) >= 11 is 0. The Morgan fingerprint density at radius 3 is 2.78 bits per heavy atom. The average Bonchev–Trinajstić information content (AvgIpc) is 2.35. The fraction of sp³-hybridized carbons (Fsp3) is 0.357. The van der Waals surface area contributed by atoms with E-state index in [0.717, 1.165) is 5.56 Å². The minimum absolute atomic E-state index is 0.195. The molecule has 4 heteroatoms.